The summed E-state index contributed by atoms with van der Waals surface area (Å²) in [7, 11) is 1.22. The first-order valence-electron chi connectivity index (χ1n) is 5.43. The van der Waals surface area contributed by atoms with E-state index in [0.717, 1.165) is 4.68 Å². The summed E-state index contributed by atoms with van der Waals surface area (Å²) < 4.78 is 29.5. The van der Waals surface area contributed by atoms with Crippen molar-refractivity contribution in [3.63, 3.8) is 0 Å². The summed E-state index contributed by atoms with van der Waals surface area (Å²) in [4.78, 5) is 22.1. The number of hydrogen-bond acceptors (Lipinski definition) is 4. The second-order valence-electron chi connectivity index (χ2n) is 3.56. The van der Waals surface area contributed by atoms with E-state index >= 15 is 0 Å². The highest BCUT2D eigenvalue weighted by atomic mass is 19.3. The molecular weight excluding hydrogens is 262 g/mol. The minimum absolute atomic E-state index is 0.0368. The Morgan fingerprint density at radius 1 is 1.53 bits per heavy atom. The van der Waals surface area contributed by atoms with Crippen LogP contribution in [0.5, 0.6) is 0 Å². The molecule has 1 aromatic heterocycles. The molecule has 0 saturated heterocycles. The SMILES string of the molecule is COC(=O)NCCC(=O)Nc1cnn(CC(F)F)c1. The number of methoxy groups -OCH3 is 1. The molecule has 0 saturated carbocycles. The topological polar surface area (TPSA) is 85.2 Å². The first-order chi connectivity index (χ1) is 9.01. The van der Waals surface area contributed by atoms with Crippen LogP contribution in [0.4, 0.5) is 19.3 Å². The number of carbonyl (C=O) groups is 2. The number of alkyl carbamates (subject to hydrolysis) is 1. The number of carbonyl (C=O) groups excluding carboxylic acids is 2. The Bertz CT molecular complexity index is 436. The number of anilines is 1. The molecule has 1 rings (SSSR count). The lowest BCUT2D eigenvalue weighted by Crippen LogP contribution is -2.27. The first kappa shape index (κ1) is 14.9. The molecule has 0 aliphatic rings. The number of ether oxygens (including phenoxy) is 1. The summed E-state index contributed by atoms with van der Waals surface area (Å²) in [6.45, 7) is -0.413. The monoisotopic (exact) mass is 276 g/mol. The molecule has 2 N–H and O–H groups in total. The summed E-state index contributed by atoms with van der Waals surface area (Å²) >= 11 is 0. The van der Waals surface area contributed by atoms with E-state index in [1.165, 1.54) is 19.5 Å². The fraction of sp³-hybridized carbons (Fsp3) is 0.500. The molecule has 0 aliphatic heterocycles. The van der Waals surface area contributed by atoms with Crippen molar-refractivity contribution in [1.82, 2.24) is 15.1 Å². The number of hydrogen-bond donors (Lipinski definition) is 2. The molecule has 0 radical (unpaired) electrons. The summed E-state index contributed by atoms with van der Waals surface area (Å²) in [6.07, 6.45) is -0.522. The van der Waals surface area contributed by atoms with Gasteiger partial charge in [-0.05, 0) is 0 Å². The van der Waals surface area contributed by atoms with Gasteiger partial charge in [-0.25, -0.2) is 13.6 Å². The van der Waals surface area contributed by atoms with E-state index in [9.17, 15) is 18.4 Å². The quantitative estimate of drug-likeness (QED) is 0.806. The predicted octanol–water partition coefficient (Wildman–Crippen LogP) is 0.833. The van der Waals surface area contributed by atoms with E-state index in [1.807, 2.05) is 0 Å². The van der Waals surface area contributed by atoms with Gasteiger partial charge < -0.3 is 15.4 Å². The highest BCUT2D eigenvalue weighted by Gasteiger charge is 2.08. The molecule has 0 bridgehead atoms. The molecule has 0 fully saturated rings. The van der Waals surface area contributed by atoms with Gasteiger partial charge in [0.1, 0.15) is 6.54 Å². The molecule has 7 nitrogen and oxygen atoms in total. The lowest BCUT2D eigenvalue weighted by molar-refractivity contribution is -0.116. The summed E-state index contributed by atoms with van der Waals surface area (Å²) in [5.41, 5.74) is 0.323. The average molecular weight is 276 g/mol. The van der Waals surface area contributed by atoms with Gasteiger partial charge in [-0.2, -0.15) is 5.10 Å². The molecule has 0 spiro atoms. The minimum atomic E-state index is -2.51. The number of rotatable bonds is 6. The number of aromatic nitrogens is 2. The van der Waals surface area contributed by atoms with Gasteiger partial charge in [-0.15, -0.1) is 0 Å². The van der Waals surface area contributed by atoms with Crippen LogP contribution < -0.4 is 10.6 Å². The van der Waals surface area contributed by atoms with Crippen LogP contribution in [0.2, 0.25) is 0 Å². The van der Waals surface area contributed by atoms with E-state index in [-0.39, 0.29) is 18.9 Å². The molecule has 19 heavy (non-hydrogen) atoms. The average Bonchev–Trinajstić information content (AvgIpc) is 2.75. The zero-order valence-corrected chi connectivity index (χ0v) is 10.2. The molecule has 2 amide bonds. The highest BCUT2D eigenvalue weighted by molar-refractivity contribution is 5.90. The lowest BCUT2D eigenvalue weighted by Gasteiger charge is -2.04. The van der Waals surface area contributed by atoms with E-state index in [0.29, 0.717) is 5.69 Å². The number of nitrogens with zero attached hydrogens (tertiary/aromatic N) is 2. The smallest absolute Gasteiger partial charge is 0.406 e. The molecule has 0 atom stereocenters. The number of amides is 2. The maximum atomic E-state index is 12.1. The van der Waals surface area contributed by atoms with Gasteiger partial charge in [0.25, 0.3) is 6.43 Å². The zero-order valence-electron chi connectivity index (χ0n) is 10.2. The Hall–Kier alpha value is -2.19. The molecule has 106 valence electrons. The molecular formula is C10H14F2N4O3. The maximum Gasteiger partial charge on any atom is 0.406 e. The van der Waals surface area contributed by atoms with Gasteiger partial charge >= 0.3 is 6.09 Å². The van der Waals surface area contributed by atoms with E-state index < -0.39 is 19.1 Å². The summed E-state index contributed by atoms with van der Waals surface area (Å²) in [5.74, 6) is -0.368. The van der Waals surface area contributed by atoms with Crippen LogP contribution in [-0.4, -0.2) is 41.9 Å². The third kappa shape index (κ3) is 5.80. The van der Waals surface area contributed by atoms with Crippen LogP contribution in [0.3, 0.4) is 0 Å². The summed E-state index contributed by atoms with van der Waals surface area (Å²) in [5, 5.41) is 8.47. The van der Waals surface area contributed by atoms with Gasteiger partial charge in [0.2, 0.25) is 5.91 Å². The number of halogens is 2. The number of nitrogens with one attached hydrogen (secondary N) is 2. The van der Waals surface area contributed by atoms with Crippen LogP contribution in [0.25, 0.3) is 0 Å². The Kier molecular flexibility index (Phi) is 5.71. The van der Waals surface area contributed by atoms with Gasteiger partial charge in [-0.1, -0.05) is 0 Å². The van der Waals surface area contributed by atoms with E-state index in [4.69, 9.17) is 0 Å². The van der Waals surface area contributed by atoms with Crippen LogP contribution in [0.1, 0.15) is 6.42 Å². The fourth-order valence-corrected chi connectivity index (χ4v) is 1.24. The van der Waals surface area contributed by atoms with Crippen molar-refractivity contribution in [2.75, 3.05) is 19.0 Å². The van der Waals surface area contributed by atoms with Gasteiger partial charge in [0.05, 0.1) is 19.0 Å². The van der Waals surface area contributed by atoms with Gasteiger partial charge in [-0.3, -0.25) is 9.48 Å². The van der Waals surface area contributed by atoms with E-state index in [1.54, 1.807) is 0 Å². The zero-order chi connectivity index (χ0) is 14.3. The Balaban J connectivity index is 2.32. The van der Waals surface area contributed by atoms with Crippen molar-refractivity contribution in [2.45, 2.75) is 19.4 Å². The van der Waals surface area contributed by atoms with Gasteiger partial charge in [0.15, 0.2) is 0 Å². The highest BCUT2D eigenvalue weighted by Crippen LogP contribution is 2.07. The van der Waals surface area contributed by atoms with E-state index in [2.05, 4.69) is 20.5 Å². The minimum Gasteiger partial charge on any atom is -0.453 e. The van der Waals surface area contributed by atoms with Crippen LogP contribution in [0, 0.1) is 0 Å². The normalized spacial score (nSPS) is 10.3. The molecule has 1 aromatic rings. The van der Waals surface area contributed by atoms with Crippen LogP contribution in [0.15, 0.2) is 12.4 Å². The lowest BCUT2D eigenvalue weighted by atomic mass is 10.4. The third-order valence-corrected chi connectivity index (χ3v) is 2.05. The molecule has 9 heteroatoms. The van der Waals surface area contributed by atoms with Crippen molar-refractivity contribution in [3.8, 4) is 0 Å². The Morgan fingerprint density at radius 3 is 2.89 bits per heavy atom. The second kappa shape index (κ2) is 7.29. The van der Waals surface area contributed by atoms with Crippen LogP contribution >= 0.6 is 0 Å². The summed E-state index contributed by atoms with van der Waals surface area (Å²) in [6, 6.07) is 0. The Labute approximate surface area is 107 Å². The second-order valence-corrected chi connectivity index (χ2v) is 3.56. The van der Waals surface area contributed by atoms with Crippen molar-refractivity contribution < 1.29 is 23.1 Å². The molecule has 0 unspecified atom stereocenters. The maximum absolute atomic E-state index is 12.1. The first-order valence-corrected chi connectivity index (χ1v) is 5.43. The predicted molar refractivity (Wildman–Crippen MR) is 61.9 cm³/mol. The number of alkyl halides is 2. The fourth-order valence-electron chi connectivity index (χ4n) is 1.24. The largest absolute Gasteiger partial charge is 0.453 e. The van der Waals surface area contributed by atoms with Crippen molar-refractivity contribution >= 4 is 17.7 Å². The molecule has 0 aromatic carbocycles. The van der Waals surface area contributed by atoms with Crippen molar-refractivity contribution in [1.29, 1.82) is 0 Å². The molecule has 1 heterocycles. The van der Waals surface area contributed by atoms with Crippen LogP contribution in [-0.2, 0) is 16.1 Å². The van der Waals surface area contributed by atoms with Gasteiger partial charge in [0, 0.05) is 19.2 Å². The van der Waals surface area contributed by atoms with Crippen molar-refractivity contribution in [2.24, 2.45) is 0 Å². The third-order valence-electron chi connectivity index (χ3n) is 2.05. The molecule has 0 aliphatic carbocycles. The standard InChI is InChI=1S/C10H14F2N4O3/c1-19-10(18)13-3-2-9(17)15-7-4-14-16(5-7)6-8(11)12/h4-5,8H,2-3,6H2,1H3,(H,13,18)(H,15,17). The Morgan fingerprint density at radius 2 is 2.26 bits per heavy atom. The van der Waals surface area contributed by atoms with Crippen molar-refractivity contribution in [3.05, 3.63) is 12.4 Å².